The van der Waals surface area contributed by atoms with Crippen molar-refractivity contribution in [3.05, 3.63) is 17.4 Å². The molecule has 0 spiro atoms. The topological polar surface area (TPSA) is 30.0 Å². The fourth-order valence-electron chi connectivity index (χ4n) is 0.448. The number of hydrogen-bond acceptors (Lipinski definition) is 2. The van der Waals surface area contributed by atoms with Crippen molar-refractivity contribution in [2.24, 2.45) is 0 Å². The standard InChI is InChI=1S/C5H6NOP/c1-4(7)5-2-6-3-8-5/h2-3,8H,1H3. The lowest BCUT2D eigenvalue weighted by Gasteiger charge is -1.79. The zero-order chi connectivity index (χ0) is 5.98. The van der Waals surface area contributed by atoms with Gasteiger partial charge in [0.2, 0.25) is 0 Å². The Morgan fingerprint density at radius 1 is 1.88 bits per heavy atom. The van der Waals surface area contributed by atoms with Gasteiger partial charge in [0.05, 0.1) is 5.30 Å². The average Bonchev–Trinajstić information content (AvgIpc) is 2.12. The van der Waals surface area contributed by atoms with E-state index in [0.29, 0.717) is 8.19 Å². The molecule has 0 radical (unpaired) electrons. The van der Waals surface area contributed by atoms with Crippen molar-refractivity contribution in [2.75, 3.05) is 0 Å². The summed E-state index contributed by atoms with van der Waals surface area (Å²) in [5.74, 6) is 1.90. The smallest absolute Gasteiger partial charge is 0.165 e. The maximum Gasteiger partial charge on any atom is 0.165 e. The molecule has 1 heterocycles. The fourth-order valence-corrected chi connectivity index (χ4v) is 1.09. The van der Waals surface area contributed by atoms with E-state index in [9.17, 15) is 4.79 Å². The van der Waals surface area contributed by atoms with Gasteiger partial charge in [-0.2, -0.15) is 0 Å². The van der Waals surface area contributed by atoms with Crippen LogP contribution in [0.1, 0.15) is 17.0 Å². The first-order chi connectivity index (χ1) is 3.80. The van der Waals surface area contributed by atoms with E-state index < -0.39 is 0 Å². The summed E-state index contributed by atoms with van der Waals surface area (Å²) in [6.07, 6.45) is 1.63. The van der Waals surface area contributed by atoms with Gasteiger partial charge >= 0.3 is 0 Å². The SMILES string of the molecule is CC(=O)c1cnc[pH]1. The van der Waals surface area contributed by atoms with Crippen molar-refractivity contribution < 1.29 is 4.79 Å². The molecule has 0 fully saturated rings. The second-order valence-corrected chi connectivity index (χ2v) is 2.61. The first-order valence-corrected chi connectivity index (χ1v) is 3.38. The number of Topliss-reactive ketones (excluding diaryl/α,β-unsaturated/α-hetero) is 1. The van der Waals surface area contributed by atoms with Gasteiger partial charge in [0.1, 0.15) is 0 Å². The lowest BCUT2D eigenvalue weighted by atomic mass is 10.4. The van der Waals surface area contributed by atoms with Gasteiger partial charge in [-0.3, -0.25) is 9.78 Å². The minimum absolute atomic E-state index is 0.140. The Balaban J connectivity index is 2.93. The molecule has 0 bridgehead atoms. The van der Waals surface area contributed by atoms with Crippen molar-refractivity contribution in [3.8, 4) is 0 Å². The van der Waals surface area contributed by atoms with E-state index in [1.807, 2.05) is 0 Å². The van der Waals surface area contributed by atoms with Crippen molar-refractivity contribution in [1.82, 2.24) is 4.98 Å². The Labute approximate surface area is 49.0 Å². The van der Waals surface area contributed by atoms with Crippen LogP contribution in [0.25, 0.3) is 0 Å². The lowest BCUT2D eigenvalue weighted by Crippen LogP contribution is -1.82. The Kier molecular flexibility index (Phi) is 1.45. The maximum absolute atomic E-state index is 10.5. The quantitative estimate of drug-likeness (QED) is 0.532. The van der Waals surface area contributed by atoms with E-state index in [2.05, 4.69) is 4.98 Å². The highest BCUT2D eigenvalue weighted by molar-refractivity contribution is 7.31. The molecular formula is C5H6NOP. The molecule has 8 heavy (non-hydrogen) atoms. The van der Waals surface area contributed by atoms with Gasteiger partial charge in [-0.25, -0.2) is 0 Å². The van der Waals surface area contributed by atoms with Crippen LogP contribution in [0.5, 0.6) is 0 Å². The second kappa shape index (κ2) is 2.10. The third-order valence-corrected chi connectivity index (χ3v) is 1.95. The van der Waals surface area contributed by atoms with E-state index in [4.69, 9.17) is 0 Å². The summed E-state index contributed by atoms with van der Waals surface area (Å²) in [4.78, 5) is 14.3. The van der Waals surface area contributed by atoms with Crippen molar-refractivity contribution in [3.63, 3.8) is 0 Å². The predicted molar refractivity (Wildman–Crippen MR) is 33.7 cm³/mol. The number of rotatable bonds is 1. The summed E-state index contributed by atoms with van der Waals surface area (Å²) in [6, 6.07) is 0. The normalized spacial score (nSPS) is 10.1. The van der Waals surface area contributed by atoms with Gasteiger partial charge in [-0.1, -0.05) is 0 Å². The van der Waals surface area contributed by atoms with Crippen LogP contribution < -0.4 is 0 Å². The molecule has 1 aromatic heterocycles. The molecule has 42 valence electrons. The zero-order valence-electron chi connectivity index (χ0n) is 4.51. The molecule has 0 saturated heterocycles. The van der Waals surface area contributed by atoms with Gasteiger partial charge in [-0.15, -0.1) is 8.19 Å². The summed E-state index contributed by atoms with van der Waals surface area (Å²) in [7, 11) is 0.500. The Hall–Kier alpha value is -0.620. The first kappa shape index (κ1) is 5.52. The first-order valence-electron chi connectivity index (χ1n) is 2.30. The van der Waals surface area contributed by atoms with Crippen LogP contribution in [0.3, 0.4) is 0 Å². The number of hydrogen-bond donors (Lipinski definition) is 0. The highest BCUT2D eigenvalue weighted by Crippen LogP contribution is 2.11. The lowest BCUT2D eigenvalue weighted by molar-refractivity contribution is 0.102. The third-order valence-electron chi connectivity index (χ3n) is 0.878. The van der Waals surface area contributed by atoms with Gasteiger partial charge in [-0.05, 0) is 6.92 Å². The van der Waals surface area contributed by atoms with Crippen molar-refractivity contribution >= 4 is 14.0 Å². The van der Waals surface area contributed by atoms with Crippen LogP contribution in [0.2, 0.25) is 0 Å². The van der Waals surface area contributed by atoms with E-state index in [0.717, 1.165) is 5.30 Å². The van der Waals surface area contributed by atoms with Crippen molar-refractivity contribution in [1.29, 1.82) is 0 Å². The minimum Gasteiger partial charge on any atom is -0.294 e. The third kappa shape index (κ3) is 0.958. The molecule has 0 amide bonds. The molecular weight excluding hydrogens is 121 g/mol. The number of nitrogens with zero attached hydrogens (tertiary/aromatic N) is 1. The van der Waals surface area contributed by atoms with Crippen LogP contribution in [-0.2, 0) is 0 Å². The van der Waals surface area contributed by atoms with E-state index >= 15 is 0 Å². The van der Waals surface area contributed by atoms with Crippen LogP contribution in [0.4, 0.5) is 0 Å². The Morgan fingerprint density at radius 3 is 2.88 bits per heavy atom. The largest absolute Gasteiger partial charge is 0.294 e. The van der Waals surface area contributed by atoms with Gasteiger partial charge < -0.3 is 0 Å². The molecule has 0 aliphatic rings. The molecule has 0 aliphatic carbocycles. The number of carbonyl (C=O) groups excluding carboxylic acids is 1. The van der Waals surface area contributed by atoms with Crippen LogP contribution in [0, 0.1) is 0 Å². The maximum atomic E-state index is 10.5. The van der Waals surface area contributed by atoms with Crippen molar-refractivity contribution in [2.45, 2.75) is 6.92 Å². The van der Waals surface area contributed by atoms with E-state index in [1.54, 1.807) is 19.0 Å². The second-order valence-electron chi connectivity index (χ2n) is 1.52. The van der Waals surface area contributed by atoms with Gasteiger partial charge in [0.25, 0.3) is 0 Å². The fraction of sp³-hybridized carbons (Fsp3) is 0.200. The molecule has 2 nitrogen and oxygen atoms in total. The van der Waals surface area contributed by atoms with Gasteiger partial charge in [0.15, 0.2) is 5.78 Å². The summed E-state index contributed by atoms with van der Waals surface area (Å²) in [5, 5.41) is 0.838. The Morgan fingerprint density at radius 2 is 2.62 bits per heavy atom. The summed E-state index contributed by atoms with van der Waals surface area (Å²) >= 11 is 0. The molecule has 1 atom stereocenters. The number of carbonyl (C=O) groups is 1. The number of ketones is 1. The molecule has 0 saturated carbocycles. The average molecular weight is 127 g/mol. The highest BCUT2D eigenvalue weighted by Gasteiger charge is 1.95. The minimum atomic E-state index is 0.140. The summed E-state index contributed by atoms with van der Waals surface area (Å²) in [5.41, 5.74) is 0. The monoisotopic (exact) mass is 127 g/mol. The molecule has 3 heteroatoms. The summed E-state index contributed by atoms with van der Waals surface area (Å²) in [6.45, 7) is 1.56. The van der Waals surface area contributed by atoms with Crippen LogP contribution in [-0.4, -0.2) is 10.8 Å². The molecule has 1 rings (SSSR count). The predicted octanol–water partition coefficient (Wildman–Crippen LogP) is 1.32. The zero-order valence-corrected chi connectivity index (χ0v) is 5.51. The molecule has 0 aliphatic heterocycles. The molecule has 1 unspecified atom stereocenters. The van der Waals surface area contributed by atoms with E-state index in [-0.39, 0.29) is 5.78 Å². The van der Waals surface area contributed by atoms with Crippen LogP contribution >= 0.6 is 8.19 Å². The van der Waals surface area contributed by atoms with Gasteiger partial charge in [0, 0.05) is 12.1 Å². The summed E-state index contributed by atoms with van der Waals surface area (Å²) < 4.78 is 0. The molecule has 0 N–H and O–H groups in total. The molecule has 1 aromatic rings. The number of aromatic nitrogens is 1. The molecule has 0 aromatic carbocycles. The Bertz CT molecular complexity index is 180. The highest BCUT2D eigenvalue weighted by atomic mass is 31.0. The van der Waals surface area contributed by atoms with Crippen LogP contribution in [0.15, 0.2) is 12.1 Å². The van der Waals surface area contributed by atoms with E-state index in [1.165, 1.54) is 0 Å².